The molecular formula is C16H20N2OS. The Kier molecular flexibility index (Phi) is 3.92. The van der Waals surface area contributed by atoms with Crippen LogP contribution in [0.5, 0.6) is 5.75 Å². The van der Waals surface area contributed by atoms with Crippen molar-refractivity contribution in [1.82, 2.24) is 9.55 Å². The van der Waals surface area contributed by atoms with E-state index in [1.807, 2.05) is 18.3 Å². The monoisotopic (exact) mass is 288 g/mol. The van der Waals surface area contributed by atoms with Crippen LogP contribution in [0.15, 0.2) is 30.5 Å². The molecule has 20 heavy (non-hydrogen) atoms. The Balaban J connectivity index is 1.98. The van der Waals surface area contributed by atoms with Crippen molar-refractivity contribution in [2.45, 2.75) is 38.1 Å². The van der Waals surface area contributed by atoms with E-state index in [0.29, 0.717) is 6.04 Å². The maximum Gasteiger partial charge on any atom is 0.177 e. The van der Waals surface area contributed by atoms with E-state index < -0.39 is 0 Å². The molecule has 0 bridgehead atoms. The van der Waals surface area contributed by atoms with Crippen molar-refractivity contribution in [2.75, 3.05) is 7.11 Å². The Morgan fingerprint density at radius 1 is 1.15 bits per heavy atom. The Hall–Kier alpha value is -1.55. The molecule has 1 saturated carbocycles. The summed E-state index contributed by atoms with van der Waals surface area (Å²) in [6.45, 7) is 0. The number of nitrogens with one attached hydrogen (secondary N) is 1. The lowest BCUT2D eigenvalue weighted by molar-refractivity contribution is 0.353. The number of rotatable bonds is 3. The molecule has 3 rings (SSSR count). The van der Waals surface area contributed by atoms with Gasteiger partial charge in [0.2, 0.25) is 0 Å². The fraction of sp³-hybridized carbons (Fsp3) is 0.438. The van der Waals surface area contributed by atoms with Gasteiger partial charge in [0.25, 0.3) is 0 Å². The van der Waals surface area contributed by atoms with Crippen LogP contribution in [-0.4, -0.2) is 16.7 Å². The van der Waals surface area contributed by atoms with Gasteiger partial charge in [0, 0.05) is 12.2 Å². The second kappa shape index (κ2) is 5.83. The Morgan fingerprint density at radius 2 is 1.85 bits per heavy atom. The number of H-pyrrole nitrogens is 1. The van der Waals surface area contributed by atoms with Crippen LogP contribution in [0.4, 0.5) is 0 Å². The molecule has 0 spiro atoms. The summed E-state index contributed by atoms with van der Waals surface area (Å²) in [5, 5.41) is 0. The maximum atomic E-state index is 5.48. The highest BCUT2D eigenvalue weighted by molar-refractivity contribution is 7.71. The molecule has 3 nitrogen and oxygen atoms in total. The molecule has 1 N–H and O–H groups in total. The van der Waals surface area contributed by atoms with Crippen LogP contribution in [0.3, 0.4) is 0 Å². The highest BCUT2D eigenvalue weighted by Crippen LogP contribution is 2.33. The Labute approximate surface area is 124 Å². The third-order valence-corrected chi connectivity index (χ3v) is 4.45. The molecule has 0 saturated heterocycles. The van der Waals surface area contributed by atoms with E-state index in [4.69, 9.17) is 17.0 Å². The number of methoxy groups -OCH3 is 1. The highest BCUT2D eigenvalue weighted by atomic mass is 32.1. The first-order valence-corrected chi connectivity index (χ1v) is 7.65. The topological polar surface area (TPSA) is 29.9 Å². The largest absolute Gasteiger partial charge is 0.497 e. The van der Waals surface area contributed by atoms with E-state index in [-0.39, 0.29) is 0 Å². The molecule has 106 valence electrons. The zero-order valence-electron chi connectivity index (χ0n) is 11.8. The fourth-order valence-electron chi connectivity index (χ4n) is 3.06. The molecule has 2 aromatic rings. The van der Waals surface area contributed by atoms with E-state index in [9.17, 15) is 0 Å². The summed E-state index contributed by atoms with van der Waals surface area (Å²) in [4.78, 5) is 3.21. The number of benzene rings is 1. The van der Waals surface area contributed by atoms with Gasteiger partial charge >= 0.3 is 0 Å². The summed E-state index contributed by atoms with van der Waals surface area (Å²) in [6, 6.07) is 8.72. The minimum Gasteiger partial charge on any atom is -0.497 e. The average Bonchev–Trinajstić information content (AvgIpc) is 2.90. The van der Waals surface area contributed by atoms with Crippen LogP contribution in [0.25, 0.3) is 11.3 Å². The molecule has 4 heteroatoms. The Morgan fingerprint density at radius 3 is 2.50 bits per heavy atom. The molecular weight excluding hydrogens is 268 g/mol. The van der Waals surface area contributed by atoms with Crippen LogP contribution < -0.4 is 4.74 Å². The zero-order valence-corrected chi connectivity index (χ0v) is 12.6. The maximum absolute atomic E-state index is 5.48. The van der Waals surface area contributed by atoms with Crippen molar-refractivity contribution in [2.24, 2.45) is 0 Å². The molecule has 1 heterocycles. The first kappa shape index (κ1) is 13.4. The molecule has 0 unspecified atom stereocenters. The second-order valence-electron chi connectivity index (χ2n) is 5.37. The minimum absolute atomic E-state index is 0.541. The van der Waals surface area contributed by atoms with Gasteiger partial charge in [-0.25, -0.2) is 0 Å². The standard InChI is InChI=1S/C16H20N2OS/c1-19-14-9-7-12(8-10-14)15-11-17-16(20)18(15)13-5-3-2-4-6-13/h7-11,13H,2-6H2,1H3,(H,17,20). The van der Waals surface area contributed by atoms with Gasteiger partial charge in [-0.1, -0.05) is 19.3 Å². The number of imidazole rings is 1. The van der Waals surface area contributed by atoms with Gasteiger partial charge in [0.15, 0.2) is 4.77 Å². The van der Waals surface area contributed by atoms with E-state index >= 15 is 0 Å². The van der Waals surface area contributed by atoms with Gasteiger partial charge in [0.05, 0.1) is 12.8 Å². The van der Waals surface area contributed by atoms with Crippen LogP contribution in [0.1, 0.15) is 38.1 Å². The predicted molar refractivity (Wildman–Crippen MR) is 83.7 cm³/mol. The average molecular weight is 288 g/mol. The van der Waals surface area contributed by atoms with Gasteiger partial charge in [0.1, 0.15) is 5.75 Å². The number of hydrogen-bond donors (Lipinski definition) is 1. The molecule has 1 aliphatic rings. The van der Waals surface area contributed by atoms with Gasteiger partial charge in [-0.2, -0.15) is 0 Å². The van der Waals surface area contributed by atoms with E-state index in [0.717, 1.165) is 10.5 Å². The van der Waals surface area contributed by atoms with Crippen molar-refractivity contribution in [3.8, 4) is 17.0 Å². The van der Waals surface area contributed by atoms with Gasteiger partial charge in [-0.05, 0) is 54.9 Å². The second-order valence-corrected chi connectivity index (χ2v) is 5.76. The third kappa shape index (κ3) is 2.52. The van der Waals surface area contributed by atoms with Crippen molar-refractivity contribution in [3.05, 3.63) is 35.2 Å². The molecule has 1 aliphatic carbocycles. The molecule has 0 atom stereocenters. The summed E-state index contributed by atoms with van der Waals surface area (Å²) >= 11 is 5.48. The van der Waals surface area contributed by atoms with Crippen molar-refractivity contribution in [1.29, 1.82) is 0 Å². The smallest absolute Gasteiger partial charge is 0.177 e. The van der Waals surface area contributed by atoms with Gasteiger partial charge < -0.3 is 14.3 Å². The lowest BCUT2D eigenvalue weighted by Gasteiger charge is -2.25. The summed E-state index contributed by atoms with van der Waals surface area (Å²) in [5.74, 6) is 0.882. The summed E-state index contributed by atoms with van der Waals surface area (Å²) in [7, 11) is 1.69. The fourth-order valence-corrected chi connectivity index (χ4v) is 3.37. The van der Waals surface area contributed by atoms with Gasteiger partial charge in [-0.3, -0.25) is 0 Å². The van der Waals surface area contributed by atoms with Crippen LogP contribution >= 0.6 is 12.2 Å². The van der Waals surface area contributed by atoms with Crippen LogP contribution in [0.2, 0.25) is 0 Å². The summed E-state index contributed by atoms with van der Waals surface area (Å²) < 4.78 is 8.36. The lowest BCUT2D eigenvalue weighted by Crippen LogP contribution is -2.13. The first-order chi connectivity index (χ1) is 9.79. The number of aromatic nitrogens is 2. The Bertz CT molecular complexity index is 621. The minimum atomic E-state index is 0.541. The van der Waals surface area contributed by atoms with E-state index in [1.165, 1.54) is 43.4 Å². The number of ether oxygens (including phenoxy) is 1. The molecule has 0 amide bonds. The normalized spacial score (nSPS) is 16.2. The van der Waals surface area contributed by atoms with Crippen molar-refractivity contribution < 1.29 is 4.74 Å². The predicted octanol–water partition coefficient (Wildman–Crippen LogP) is 4.73. The van der Waals surface area contributed by atoms with Gasteiger partial charge in [-0.15, -0.1) is 0 Å². The summed E-state index contributed by atoms with van der Waals surface area (Å²) in [5.41, 5.74) is 2.37. The molecule has 1 aromatic carbocycles. The van der Waals surface area contributed by atoms with Crippen molar-refractivity contribution in [3.63, 3.8) is 0 Å². The molecule has 0 aliphatic heterocycles. The summed E-state index contributed by atoms with van der Waals surface area (Å²) in [6.07, 6.45) is 8.45. The molecule has 1 fully saturated rings. The molecule has 1 aromatic heterocycles. The molecule has 0 radical (unpaired) electrons. The van der Waals surface area contributed by atoms with E-state index in [1.54, 1.807) is 7.11 Å². The van der Waals surface area contributed by atoms with Crippen LogP contribution in [-0.2, 0) is 0 Å². The number of aromatic amines is 1. The zero-order chi connectivity index (χ0) is 13.9. The lowest BCUT2D eigenvalue weighted by atomic mass is 9.95. The van der Waals surface area contributed by atoms with E-state index in [2.05, 4.69) is 21.7 Å². The van der Waals surface area contributed by atoms with Crippen molar-refractivity contribution >= 4 is 12.2 Å². The highest BCUT2D eigenvalue weighted by Gasteiger charge is 2.19. The quantitative estimate of drug-likeness (QED) is 0.828. The number of nitrogens with zero attached hydrogens (tertiary/aromatic N) is 1. The third-order valence-electron chi connectivity index (χ3n) is 4.14. The SMILES string of the molecule is COc1ccc(-c2c[nH]c(=S)n2C2CCCCC2)cc1. The number of hydrogen-bond acceptors (Lipinski definition) is 2. The first-order valence-electron chi connectivity index (χ1n) is 7.24. The van der Waals surface area contributed by atoms with Crippen LogP contribution in [0, 0.1) is 4.77 Å².